The summed E-state index contributed by atoms with van der Waals surface area (Å²) in [6, 6.07) is 5.27. The second-order valence-corrected chi connectivity index (χ2v) is 9.71. The van der Waals surface area contributed by atoms with E-state index in [4.69, 9.17) is 18.6 Å². The maximum atomic E-state index is 13.5. The molecule has 0 aliphatic heterocycles. The number of oxazole rings is 1. The first-order valence-electron chi connectivity index (χ1n) is 13.4. The molecule has 3 atom stereocenters. The van der Waals surface area contributed by atoms with Gasteiger partial charge in [0.05, 0.1) is 24.9 Å². The number of carbonyl (C=O) groups is 1. The van der Waals surface area contributed by atoms with Gasteiger partial charge in [0.25, 0.3) is 0 Å². The molecule has 1 saturated carbocycles. The van der Waals surface area contributed by atoms with E-state index in [1.807, 2.05) is 13.8 Å². The highest BCUT2D eigenvalue weighted by Gasteiger charge is 2.35. The van der Waals surface area contributed by atoms with E-state index in [1.165, 1.54) is 18.2 Å². The normalized spacial score (nSPS) is 19.0. The maximum Gasteiger partial charge on any atom is 0.417 e. The molecule has 1 aromatic heterocycles. The second-order valence-electron chi connectivity index (χ2n) is 9.71. The molecule has 2 aromatic rings. The second kappa shape index (κ2) is 14.6. The zero-order valence-electron chi connectivity index (χ0n) is 22.1. The molecule has 1 aliphatic rings. The first-order valence-corrected chi connectivity index (χ1v) is 13.4. The SMILES string of the molecule is CCCOC(COC1CCCC(CCOCc2nc(-c3ccccc3C(F)(F)F)oc2CCC)C1)C(=O)O. The monoisotopic (exact) mass is 541 g/mol. The van der Waals surface area contributed by atoms with E-state index in [9.17, 15) is 23.1 Å². The lowest BCUT2D eigenvalue weighted by Crippen LogP contribution is -2.33. The first kappa shape index (κ1) is 30.1. The van der Waals surface area contributed by atoms with Crippen molar-refractivity contribution in [2.24, 2.45) is 5.92 Å². The van der Waals surface area contributed by atoms with Crippen LogP contribution in [0.3, 0.4) is 0 Å². The lowest BCUT2D eigenvalue weighted by molar-refractivity contribution is -0.157. The van der Waals surface area contributed by atoms with Crippen molar-refractivity contribution in [1.29, 1.82) is 0 Å². The van der Waals surface area contributed by atoms with E-state index >= 15 is 0 Å². The van der Waals surface area contributed by atoms with Gasteiger partial charge in [-0.25, -0.2) is 9.78 Å². The number of alkyl halides is 3. The van der Waals surface area contributed by atoms with Crippen LogP contribution >= 0.6 is 0 Å². The minimum absolute atomic E-state index is 0.0104. The van der Waals surface area contributed by atoms with Crippen LogP contribution in [0.1, 0.15) is 75.8 Å². The van der Waals surface area contributed by atoms with Gasteiger partial charge in [0.2, 0.25) is 5.89 Å². The van der Waals surface area contributed by atoms with Gasteiger partial charge < -0.3 is 23.7 Å². The van der Waals surface area contributed by atoms with Gasteiger partial charge in [-0.1, -0.05) is 38.8 Å². The number of benzene rings is 1. The van der Waals surface area contributed by atoms with Crippen LogP contribution in [0.15, 0.2) is 28.7 Å². The van der Waals surface area contributed by atoms with Crippen molar-refractivity contribution in [2.45, 2.75) is 90.2 Å². The van der Waals surface area contributed by atoms with E-state index in [2.05, 4.69) is 4.98 Å². The number of hydrogen-bond acceptors (Lipinski definition) is 6. The summed E-state index contributed by atoms with van der Waals surface area (Å²) in [5, 5.41) is 9.30. The van der Waals surface area contributed by atoms with E-state index in [-0.39, 0.29) is 30.8 Å². The summed E-state index contributed by atoms with van der Waals surface area (Å²) in [6.07, 6.45) is 1.15. The topological polar surface area (TPSA) is 91.0 Å². The number of carboxylic acid groups (broad SMARTS) is 1. The van der Waals surface area contributed by atoms with Crippen molar-refractivity contribution in [1.82, 2.24) is 4.98 Å². The highest BCUT2D eigenvalue weighted by atomic mass is 19.4. The van der Waals surface area contributed by atoms with Crippen LogP contribution in [0.4, 0.5) is 13.2 Å². The quantitative estimate of drug-likeness (QED) is 0.252. The Morgan fingerprint density at radius 1 is 1.18 bits per heavy atom. The lowest BCUT2D eigenvalue weighted by atomic mass is 9.85. The fourth-order valence-electron chi connectivity index (χ4n) is 4.70. The number of ether oxygens (including phenoxy) is 3. The molecule has 1 fully saturated rings. The largest absolute Gasteiger partial charge is 0.479 e. The Hall–Kier alpha value is -2.43. The number of nitrogens with zero attached hydrogens (tertiary/aromatic N) is 1. The van der Waals surface area contributed by atoms with Gasteiger partial charge in [-0.2, -0.15) is 13.2 Å². The molecule has 0 spiro atoms. The van der Waals surface area contributed by atoms with E-state index in [1.54, 1.807) is 0 Å². The van der Waals surface area contributed by atoms with Crippen LogP contribution in [0.2, 0.25) is 0 Å². The van der Waals surface area contributed by atoms with Crippen LogP contribution in [0.5, 0.6) is 0 Å². The molecule has 1 N–H and O–H groups in total. The first-order chi connectivity index (χ1) is 18.2. The fraction of sp³-hybridized carbons (Fsp3) is 0.643. The minimum Gasteiger partial charge on any atom is -0.479 e. The summed E-state index contributed by atoms with van der Waals surface area (Å²) in [5.41, 5.74) is -0.338. The highest BCUT2D eigenvalue weighted by molar-refractivity contribution is 5.72. The zero-order valence-corrected chi connectivity index (χ0v) is 22.1. The summed E-state index contributed by atoms with van der Waals surface area (Å²) >= 11 is 0. The van der Waals surface area contributed by atoms with E-state index < -0.39 is 23.8 Å². The Balaban J connectivity index is 1.52. The van der Waals surface area contributed by atoms with Gasteiger partial charge in [0.15, 0.2) is 6.10 Å². The molecular weight excluding hydrogens is 503 g/mol. The summed E-state index contributed by atoms with van der Waals surface area (Å²) in [4.78, 5) is 15.7. The van der Waals surface area contributed by atoms with Crippen LogP contribution in [-0.2, 0) is 38.2 Å². The third-order valence-electron chi connectivity index (χ3n) is 6.64. The number of carboxylic acids is 1. The minimum atomic E-state index is -4.51. The van der Waals surface area contributed by atoms with Crippen molar-refractivity contribution in [2.75, 3.05) is 19.8 Å². The fourth-order valence-corrected chi connectivity index (χ4v) is 4.70. The molecule has 10 heteroatoms. The summed E-state index contributed by atoms with van der Waals surface area (Å²) in [6.45, 7) is 4.94. The third-order valence-corrected chi connectivity index (χ3v) is 6.64. The van der Waals surface area contributed by atoms with Crippen molar-refractivity contribution >= 4 is 5.97 Å². The highest BCUT2D eigenvalue weighted by Crippen LogP contribution is 2.37. The molecule has 0 amide bonds. The van der Waals surface area contributed by atoms with Gasteiger partial charge in [0.1, 0.15) is 11.5 Å². The molecule has 0 radical (unpaired) electrons. The average Bonchev–Trinajstić information content (AvgIpc) is 3.29. The Bertz CT molecular complexity index is 1010. The number of aryl methyl sites for hydroxylation is 1. The van der Waals surface area contributed by atoms with Gasteiger partial charge in [-0.3, -0.25) is 0 Å². The smallest absolute Gasteiger partial charge is 0.417 e. The molecule has 38 heavy (non-hydrogen) atoms. The predicted octanol–water partition coefficient (Wildman–Crippen LogP) is 6.67. The van der Waals surface area contributed by atoms with Gasteiger partial charge in [0, 0.05) is 25.2 Å². The van der Waals surface area contributed by atoms with Crippen molar-refractivity contribution in [3.8, 4) is 11.5 Å². The molecule has 3 unspecified atom stereocenters. The summed E-state index contributed by atoms with van der Waals surface area (Å²) < 4.78 is 63.3. The Morgan fingerprint density at radius 2 is 1.97 bits per heavy atom. The molecule has 212 valence electrons. The van der Waals surface area contributed by atoms with Crippen LogP contribution in [-0.4, -0.2) is 48.1 Å². The number of aromatic nitrogens is 1. The Kier molecular flexibility index (Phi) is 11.6. The predicted molar refractivity (Wildman–Crippen MR) is 135 cm³/mol. The van der Waals surface area contributed by atoms with Gasteiger partial charge in [-0.15, -0.1) is 0 Å². The van der Waals surface area contributed by atoms with E-state index in [0.717, 1.165) is 51.0 Å². The van der Waals surface area contributed by atoms with E-state index in [0.29, 0.717) is 37.0 Å². The van der Waals surface area contributed by atoms with Crippen LogP contribution in [0, 0.1) is 5.92 Å². The summed E-state index contributed by atoms with van der Waals surface area (Å²) in [7, 11) is 0. The van der Waals surface area contributed by atoms with Crippen LogP contribution < -0.4 is 0 Å². The lowest BCUT2D eigenvalue weighted by Gasteiger charge is -2.30. The van der Waals surface area contributed by atoms with Crippen molar-refractivity contribution < 1.29 is 41.7 Å². The average molecular weight is 542 g/mol. The van der Waals surface area contributed by atoms with Gasteiger partial charge in [-0.05, 0) is 50.2 Å². The third kappa shape index (κ3) is 8.81. The maximum absolute atomic E-state index is 13.5. The molecule has 1 aromatic carbocycles. The number of aliphatic carboxylic acids is 1. The molecule has 1 heterocycles. The number of halogens is 3. The molecule has 0 bridgehead atoms. The molecule has 7 nitrogen and oxygen atoms in total. The van der Waals surface area contributed by atoms with Crippen molar-refractivity contribution in [3.05, 3.63) is 41.3 Å². The molecule has 3 rings (SSSR count). The Morgan fingerprint density at radius 3 is 2.68 bits per heavy atom. The molecular formula is C28H38F3NO6. The molecule has 1 aliphatic carbocycles. The van der Waals surface area contributed by atoms with Crippen molar-refractivity contribution in [3.63, 3.8) is 0 Å². The number of hydrogen-bond donors (Lipinski definition) is 1. The van der Waals surface area contributed by atoms with Gasteiger partial charge >= 0.3 is 12.1 Å². The molecule has 0 saturated heterocycles. The standard InChI is InChI=1S/C28H38F3NO6/c1-3-8-24-23(32-26(38-24)21-11-5-6-12-22(21)28(29,30)31)17-35-15-13-19-9-7-10-20(16-19)37-18-25(27(33)34)36-14-4-2/h5-6,11-12,19-20,25H,3-4,7-10,13-18H2,1-2H3,(H,33,34). The summed E-state index contributed by atoms with van der Waals surface area (Å²) in [5.74, 6) is -0.131. The number of rotatable bonds is 15. The Labute approximate surface area is 221 Å². The van der Waals surface area contributed by atoms with Crippen LogP contribution in [0.25, 0.3) is 11.5 Å². The zero-order chi connectivity index (χ0) is 27.5.